The second-order valence-corrected chi connectivity index (χ2v) is 5.30. The van der Waals surface area contributed by atoms with E-state index in [1.165, 1.54) is 10.4 Å². The zero-order chi connectivity index (χ0) is 12.0. The Bertz CT molecular complexity index is 292. The van der Waals surface area contributed by atoms with Gasteiger partial charge < -0.3 is 10.2 Å². The van der Waals surface area contributed by atoms with Crippen molar-refractivity contribution in [3.63, 3.8) is 0 Å². The van der Waals surface area contributed by atoms with E-state index in [9.17, 15) is 0 Å². The van der Waals surface area contributed by atoms with Crippen LogP contribution in [0.2, 0.25) is 0 Å². The Morgan fingerprint density at radius 2 is 2.06 bits per heavy atom. The van der Waals surface area contributed by atoms with Crippen LogP contribution in [0.25, 0.3) is 0 Å². The van der Waals surface area contributed by atoms with E-state index in [1.807, 2.05) is 11.3 Å². The molecule has 1 aromatic heterocycles. The lowest BCUT2D eigenvalue weighted by atomic mass is 10.2. The van der Waals surface area contributed by atoms with Gasteiger partial charge in [-0.25, -0.2) is 0 Å². The molecule has 0 saturated carbocycles. The Balaban J connectivity index is 2.30. The highest BCUT2D eigenvalue weighted by molar-refractivity contribution is 7.10. The predicted molar refractivity (Wildman–Crippen MR) is 73.1 cm³/mol. The van der Waals surface area contributed by atoms with Crippen molar-refractivity contribution in [3.05, 3.63) is 21.9 Å². The number of thiophene rings is 1. The second kappa shape index (κ2) is 7.05. The number of hydrogen-bond donors (Lipinski definition) is 1. The molecule has 0 aliphatic rings. The topological polar surface area (TPSA) is 15.3 Å². The van der Waals surface area contributed by atoms with Crippen LogP contribution in [0.4, 0.5) is 0 Å². The zero-order valence-corrected chi connectivity index (χ0v) is 11.7. The third-order valence-corrected chi connectivity index (χ3v) is 4.03. The Hall–Kier alpha value is -0.380. The highest BCUT2D eigenvalue weighted by Crippen LogP contribution is 2.14. The summed E-state index contributed by atoms with van der Waals surface area (Å²) in [6.07, 6.45) is 0. The first-order valence-corrected chi connectivity index (χ1v) is 7.04. The molecule has 0 spiro atoms. The molecule has 1 heterocycles. The fourth-order valence-corrected chi connectivity index (χ4v) is 2.64. The van der Waals surface area contributed by atoms with Gasteiger partial charge in [-0.05, 0) is 43.9 Å². The third kappa shape index (κ3) is 4.24. The molecule has 1 aromatic rings. The molecule has 0 saturated heterocycles. The van der Waals surface area contributed by atoms with E-state index >= 15 is 0 Å². The minimum absolute atomic E-state index is 0.557. The largest absolute Gasteiger partial charge is 0.308 e. The number of aryl methyl sites for hydroxylation is 1. The van der Waals surface area contributed by atoms with Crippen LogP contribution in [0, 0.1) is 6.92 Å². The van der Waals surface area contributed by atoms with Crippen molar-refractivity contribution in [2.45, 2.75) is 40.3 Å². The molecule has 0 aromatic carbocycles. The summed E-state index contributed by atoms with van der Waals surface area (Å²) in [4.78, 5) is 3.92. The first-order valence-electron chi connectivity index (χ1n) is 6.16. The summed E-state index contributed by atoms with van der Waals surface area (Å²) >= 11 is 1.85. The van der Waals surface area contributed by atoms with Crippen LogP contribution in [0.3, 0.4) is 0 Å². The van der Waals surface area contributed by atoms with E-state index in [4.69, 9.17) is 0 Å². The molecule has 1 rings (SSSR count). The van der Waals surface area contributed by atoms with Crippen LogP contribution in [0.5, 0.6) is 0 Å². The summed E-state index contributed by atoms with van der Waals surface area (Å²) in [6.45, 7) is 13.3. The van der Waals surface area contributed by atoms with Gasteiger partial charge in [0.15, 0.2) is 0 Å². The summed E-state index contributed by atoms with van der Waals surface area (Å²) < 4.78 is 0. The molecular weight excluding hydrogens is 216 g/mol. The van der Waals surface area contributed by atoms with Gasteiger partial charge in [-0.1, -0.05) is 13.8 Å². The SMILES string of the molecule is CCN(CC)CC(C)NCc1sccc1C. The van der Waals surface area contributed by atoms with E-state index in [2.05, 4.69) is 49.4 Å². The Labute approximate surface area is 104 Å². The lowest BCUT2D eigenvalue weighted by Gasteiger charge is -2.23. The van der Waals surface area contributed by atoms with E-state index in [0.717, 1.165) is 26.2 Å². The molecule has 2 nitrogen and oxygen atoms in total. The molecule has 16 heavy (non-hydrogen) atoms. The quantitative estimate of drug-likeness (QED) is 0.788. The van der Waals surface area contributed by atoms with Crippen LogP contribution in [0.1, 0.15) is 31.2 Å². The number of nitrogens with zero attached hydrogens (tertiary/aromatic N) is 1. The minimum atomic E-state index is 0.557. The highest BCUT2D eigenvalue weighted by Gasteiger charge is 2.07. The molecule has 0 amide bonds. The maximum Gasteiger partial charge on any atom is 0.0305 e. The summed E-state index contributed by atoms with van der Waals surface area (Å²) in [6, 6.07) is 2.75. The molecule has 0 fully saturated rings. The van der Waals surface area contributed by atoms with Gasteiger partial charge in [0.25, 0.3) is 0 Å². The van der Waals surface area contributed by atoms with Crippen molar-refractivity contribution in [2.24, 2.45) is 0 Å². The van der Waals surface area contributed by atoms with Crippen molar-refractivity contribution in [2.75, 3.05) is 19.6 Å². The maximum absolute atomic E-state index is 3.59. The lowest BCUT2D eigenvalue weighted by Crippen LogP contribution is -2.38. The molecule has 92 valence electrons. The van der Waals surface area contributed by atoms with Crippen molar-refractivity contribution in [1.29, 1.82) is 0 Å². The second-order valence-electron chi connectivity index (χ2n) is 4.29. The van der Waals surface area contributed by atoms with Crippen LogP contribution in [0.15, 0.2) is 11.4 Å². The normalized spacial score (nSPS) is 13.3. The molecule has 0 aliphatic heterocycles. The van der Waals surface area contributed by atoms with Gasteiger partial charge in [0.05, 0.1) is 0 Å². The van der Waals surface area contributed by atoms with Crippen LogP contribution in [-0.2, 0) is 6.54 Å². The molecule has 0 radical (unpaired) electrons. The molecule has 0 aliphatic carbocycles. The van der Waals surface area contributed by atoms with Crippen LogP contribution < -0.4 is 5.32 Å². The van der Waals surface area contributed by atoms with Gasteiger partial charge in [0.1, 0.15) is 0 Å². The Morgan fingerprint density at radius 1 is 1.38 bits per heavy atom. The minimum Gasteiger partial charge on any atom is -0.308 e. The number of nitrogens with one attached hydrogen (secondary N) is 1. The predicted octanol–water partition coefficient (Wildman–Crippen LogP) is 2.88. The summed E-state index contributed by atoms with van der Waals surface area (Å²) in [5.41, 5.74) is 1.41. The first-order chi connectivity index (χ1) is 7.67. The fourth-order valence-electron chi connectivity index (χ4n) is 1.79. The maximum atomic E-state index is 3.59. The van der Waals surface area contributed by atoms with Gasteiger partial charge in [-0.2, -0.15) is 0 Å². The fraction of sp³-hybridized carbons (Fsp3) is 0.692. The Kier molecular flexibility index (Phi) is 6.03. The summed E-state index contributed by atoms with van der Waals surface area (Å²) in [7, 11) is 0. The average molecular weight is 240 g/mol. The van der Waals surface area contributed by atoms with E-state index in [0.29, 0.717) is 6.04 Å². The lowest BCUT2D eigenvalue weighted by molar-refractivity contribution is 0.271. The molecule has 0 bridgehead atoms. The van der Waals surface area contributed by atoms with Crippen LogP contribution in [-0.4, -0.2) is 30.6 Å². The highest BCUT2D eigenvalue weighted by atomic mass is 32.1. The Morgan fingerprint density at radius 3 is 2.56 bits per heavy atom. The van der Waals surface area contributed by atoms with Gasteiger partial charge in [0.2, 0.25) is 0 Å². The van der Waals surface area contributed by atoms with Gasteiger partial charge >= 0.3 is 0 Å². The van der Waals surface area contributed by atoms with E-state index < -0.39 is 0 Å². The number of likely N-dealkylation sites (N-methyl/N-ethyl adjacent to an activating group) is 1. The molecule has 1 atom stereocenters. The van der Waals surface area contributed by atoms with Crippen LogP contribution >= 0.6 is 11.3 Å². The number of hydrogen-bond acceptors (Lipinski definition) is 3. The first kappa shape index (κ1) is 13.7. The third-order valence-electron chi connectivity index (χ3n) is 3.01. The standard InChI is InChI=1S/C13H24N2S/c1-5-15(6-2)10-12(4)14-9-13-11(3)7-8-16-13/h7-8,12,14H,5-6,9-10H2,1-4H3. The summed E-state index contributed by atoms with van der Waals surface area (Å²) in [5.74, 6) is 0. The average Bonchev–Trinajstić information content (AvgIpc) is 2.69. The molecule has 1 unspecified atom stereocenters. The van der Waals surface area contributed by atoms with Gasteiger partial charge in [-0.3, -0.25) is 0 Å². The van der Waals surface area contributed by atoms with E-state index in [1.54, 1.807) is 0 Å². The number of rotatable bonds is 7. The van der Waals surface area contributed by atoms with Gasteiger partial charge in [0, 0.05) is 24.0 Å². The summed E-state index contributed by atoms with van der Waals surface area (Å²) in [5, 5.41) is 5.76. The molecular formula is C13H24N2S. The van der Waals surface area contributed by atoms with E-state index in [-0.39, 0.29) is 0 Å². The zero-order valence-electron chi connectivity index (χ0n) is 10.9. The van der Waals surface area contributed by atoms with Crippen molar-refractivity contribution in [1.82, 2.24) is 10.2 Å². The van der Waals surface area contributed by atoms with Crippen molar-refractivity contribution < 1.29 is 0 Å². The molecule has 1 N–H and O–H groups in total. The monoisotopic (exact) mass is 240 g/mol. The van der Waals surface area contributed by atoms with Gasteiger partial charge in [-0.15, -0.1) is 11.3 Å². The smallest absolute Gasteiger partial charge is 0.0305 e. The van der Waals surface area contributed by atoms with Crippen molar-refractivity contribution in [3.8, 4) is 0 Å². The molecule has 3 heteroatoms. The van der Waals surface area contributed by atoms with Crippen molar-refractivity contribution >= 4 is 11.3 Å².